The van der Waals surface area contributed by atoms with E-state index in [2.05, 4.69) is 10.4 Å². The summed E-state index contributed by atoms with van der Waals surface area (Å²) >= 11 is 0. The molecule has 0 bridgehead atoms. The number of halogens is 3. The lowest BCUT2D eigenvalue weighted by molar-refractivity contribution is -0.137. The second kappa shape index (κ2) is 10.3. The fraction of sp³-hybridized carbons (Fsp3) is 0.273. The molecule has 0 saturated heterocycles. The lowest BCUT2D eigenvalue weighted by Gasteiger charge is -2.13. The van der Waals surface area contributed by atoms with Gasteiger partial charge in [0.2, 0.25) is 5.69 Å². The first-order chi connectivity index (χ1) is 15.7. The summed E-state index contributed by atoms with van der Waals surface area (Å²) in [5.74, 6) is -0.807. The minimum Gasteiger partial charge on any atom is -0.385 e. The summed E-state index contributed by atoms with van der Waals surface area (Å²) in [7, 11) is 1.51. The molecule has 0 saturated carbocycles. The minimum atomic E-state index is -4.59. The minimum absolute atomic E-state index is 0.0706. The summed E-state index contributed by atoms with van der Waals surface area (Å²) in [6, 6.07) is 12.4. The zero-order valence-corrected chi connectivity index (χ0v) is 17.6. The number of nitrogens with zero attached hydrogens (tertiary/aromatic N) is 3. The summed E-state index contributed by atoms with van der Waals surface area (Å²) in [6.45, 7) is 0.115. The normalized spacial score (nSPS) is 11.4. The smallest absolute Gasteiger partial charge is 0.385 e. The lowest BCUT2D eigenvalue weighted by Crippen LogP contribution is -2.46. The quantitative estimate of drug-likeness (QED) is 0.518. The van der Waals surface area contributed by atoms with Crippen molar-refractivity contribution < 1.29 is 22.7 Å². The molecule has 0 aliphatic heterocycles. The number of aromatic nitrogens is 3. The van der Waals surface area contributed by atoms with Crippen molar-refractivity contribution in [3.63, 3.8) is 0 Å². The highest BCUT2D eigenvalue weighted by atomic mass is 19.4. The van der Waals surface area contributed by atoms with Crippen LogP contribution in [0.5, 0.6) is 0 Å². The van der Waals surface area contributed by atoms with Crippen molar-refractivity contribution >= 4 is 5.91 Å². The molecule has 8 nitrogen and oxygen atoms in total. The molecule has 3 rings (SSSR count). The summed E-state index contributed by atoms with van der Waals surface area (Å²) in [6.07, 6.45) is -4.10. The molecule has 0 aliphatic rings. The average molecular weight is 462 g/mol. The molecule has 0 aliphatic carbocycles. The Balaban J connectivity index is 2.08. The number of alkyl halides is 3. The third-order valence-electron chi connectivity index (χ3n) is 4.68. The van der Waals surface area contributed by atoms with E-state index in [4.69, 9.17) is 4.74 Å². The van der Waals surface area contributed by atoms with Gasteiger partial charge < -0.3 is 10.1 Å². The van der Waals surface area contributed by atoms with E-state index in [0.717, 1.165) is 16.8 Å². The molecule has 2 aromatic carbocycles. The van der Waals surface area contributed by atoms with E-state index in [0.29, 0.717) is 17.6 Å². The molecule has 0 spiro atoms. The van der Waals surface area contributed by atoms with Gasteiger partial charge in [-0.2, -0.15) is 23.0 Å². The second-order valence-electron chi connectivity index (χ2n) is 7.07. The van der Waals surface area contributed by atoms with Crippen LogP contribution in [0.25, 0.3) is 5.69 Å². The molecule has 0 atom stereocenters. The predicted molar refractivity (Wildman–Crippen MR) is 113 cm³/mol. The maximum atomic E-state index is 13.1. The number of nitrogens with one attached hydrogen (secondary N) is 1. The second-order valence-corrected chi connectivity index (χ2v) is 7.07. The van der Waals surface area contributed by atoms with E-state index < -0.39 is 41.1 Å². The van der Waals surface area contributed by atoms with Gasteiger partial charge >= 0.3 is 11.9 Å². The third-order valence-corrected chi connectivity index (χ3v) is 4.68. The van der Waals surface area contributed by atoms with E-state index in [9.17, 15) is 27.6 Å². The maximum Gasteiger partial charge on any atom is 0.416 e. The van der Waals surface area contributed by atoms with Gasteiger partial charge in [-0.3, -0.25) is 14.2 Å². The average Bonchev–Trinajstić information content (AvgIpc) is 2.80. The summed E-state index contributed by atoms with van der Waals surface area (Å²) in [4.78, 5) is 38.6. The Morgan fingerprint density at radius 2 is 1.82 bits per heavy atom. The van der Waals surface area contributed by atoms with Gasteiger partial charge in [-0.15, -0.1) is 0 Å². The van der Waals surface area contributed by atoms with Crippen molar-refractivity contribution in [2.45, 2.75) is 19.1 Å². The fourth-order valence-electron chi connectivity index (χ4n) is 3.06. The lowest BCUT2D eigenvalue weighted by atomic mass is 10.1. The van der Waals surface area contributed by atoms with Gasteiger partial charge in [0.05, 0.1) is 17.8 Å². The number of para-hydroxylation sites is 1. The van der Waals surface area contributed by atoms with Crippen LogP contribution in [0, 0.1) is 0 Å². The standard InChI is InChI=1S/C22H21F3N4O4/c1-33-12-6-11-26-19(30)18-20(31)28(14-15-7-5-8-16(13-15)22(23,24)25)21(32)29(27-18)17-9-3-2-4-10-17/h2-5,7-10,13H,6,11-12,14H2,1H3,(H,26,30). The van der Waals surface area contributed by atoms with E-state index >= 15 is 0 Å². The van der Waals surface area contributed by atoms with Crippen molar-refractivity contribution in [2.75, 3.05) is 20.3 Å². The number of hydrogen-bond donors (Lipinski definition) is 1. The van der Waals surface area contributed by atoms with E-state index in [1.165, 1.54) is 19.2 Å². The highest BCUT2D eigenvalue weighted by molar-refractivity contribution is 5.91. The van der Waals surface area contributed by atoms with Gasteiger partial charge in [-0.25, -0.2) is 4.79 Å². The number of benzene rings is 2. The van der Waals surface area contributed by atoms with Crippen LogP contribution < -0.4 is 16.6 Å². The number of methoxy groups -OCH3 is 1. The highest BCUT2D eigenvalue weighted by Gasteiger charge is 2.30. The van der Waals surface area contributed by atoms with Gasteiger partial charge in [0.1, 0.15) is 0 Å². The predicted octanol–water partition coefficient (Wildman–Crippen LogP) is 2.23. The van der Waals surface area contributed by atoms with E-state index in [1.807, 2.05) is 0 Å². The Hall–Kier alpha value is -3.73. The number of amides is 1. The number of rotatable bonds is 8. The first kappa shape index (κ1) is 23.9. The molecule has 33 heavy (non-hydrogen) atoms. The van der Waals surface area contributed by atoms with Crippen LogP contribution in [0.15, 0.2) is 64.2 Å². The van der Waals surface area contributed by atoms with Gasteiger partial charge in [-0.1, -0.05) is 30.3 Å². The molecule has 0 unspecified atom stereocenters. The number of carbonyl (C=O) groups excluding carboxylic acids is 1. The zero-order valence-electron chi connectivity index (χ0n) is 17.6. The topological polar surface area (TPSA) is 95.2 Å². The van der Waals surface area contributed by atoms with Crippen molar-refractivity contribution in [2.24, 2.45) is 0 Å². The summed E-state index contributed by atoms with van der Waals surface area (Å²) in [5, 5.41) is 6.48. The molecule has 0 fully saturated rings. The molecule has 174 valence electrons. The van der Waals surface area contributed by atoms with Crippen LogP contribution in [-0.2, 0) is 17.5 Å². The van der Waals surface area contributed by atoms with E-state index in [-0.39, 0.29) is 17.8 Å². The van der Waals surface area contributed by atoms with Crippen LogP contribution in [0.3, 0.4) is 0 Å². The Morgan fingerprint density at radius 1 is 1.09 bits per heavy atom. The molecular weight excluding hydrogens is 441 g/mol. The monoisotopic (exact) mass is 462 g/mol. The summed E-state index contributed by atoms with van der Waals surface area (Å²) < 4.78 is 45.7. The van der Waals surface area contributed by atoms with Crippen LogP contribution in [0.4, 0.5) is 13.2 Å². The number of carbonyl (C=O) groups is 1. The summed E-state index contributed by atoms with van der Waals surface area (Å²) in [5.41, 5.74) is -3.01. The van der Waals surface area contributed by atoms with Crippen molar-refractivity contribution in [1.82, 2.24) is 19.7 Å². The zero-order chi connectivity index (χ0) is 24.0. The molecule has 11 heteroatoms. The van der Waals surface area contributed by atoms with Crippen molar-refractivity contribution in [3.05, 3.63) is 92.3 Å². The largest absolute Gasteiger partial charge is 0.416 e. The first-order valence-electron chi connectivity index (χ1n) is 9.95. The van der Waals surface area contributed by atoms with Gasteiger partial charge in [0, 0.05) is 20.3 Å². The Labute approximate surface area is 186 Å². The molecule has 1 amide bonds. The van der Waals surface area contributed by atoms with E-state index in [1.54, 1.807) is 30.3 Å². The molecule has 3 aromatic rings. The molecule has 1 aromatic heterocycles. The van der Waals surface area contributed by atoms with Gasteiger partial charge in [0.15, 0.2) is 0 Å². The number of ether oxygens (including phenoxy) is 1. The Bertz CT molecular complexity index is 1240. The molecule has 1 heterocycles. The fourth-order valence-corrected chi connectivity index (χ4v) is 3.06. The Kier molecular flexibility index (Phi) is 7.44. The third kappa shape index (κ3) is 5.75. The SMILES string of the molecule is COCCCNC(=O)c1nn(-c2ccccc2)c(=O)n(Cc2cccc(C(F)(F)F)c2)c1=O. The van der Waals surface area contributed by atoms with Crippen molar-refractivity contribution in [3.8, 4) is 5.69 Å². The molecular formula is C22H21F3N4O4. The molecule has 0 radical (unpaired) electrons. The van der Waals surface area contributed by atoms with Gasteiger partial charge in [0.25, 0.3) is 11.5 Å². The van der Waals surface area contributed by atoms with Crippen LogP contribution in [0.2, 0.25) is 0 Å². The maximum absolute atomic E-state index is 13.1. The van der Waals surface area contributed by atoms with Crippen molar-refractivity contribution in [1.29, 1.82) is 0 Å². The highest BCUT2D eigenvalue weighted by Crippen LogP contribution is 2.29. The first-order valence-corrected chi connectivity index (χ1v) is 9.95. The van der Waals surface area contributed by atoms with Gasteiger partial charge in [-0.05, 0) is 36.2 Å². The number of hydrogen-bond acceptors (Lipinski definition) is 5. The molecule has 1 N–H and O–H groups in total. The van der Waals surface area contributed by atoms with Crippen LogP contribution in [-0.4, -0.2) is 40.5 Å². The van der Waals surface area contributed by atoms with Crippen LogP contribution in [0.1, 0.15) is 28.0 Å². The Morgan fingerprint density at radius 3 is 2.48 bits per heavy atom. The van der Waals surface area contributed by atoms with Crippen LogP contribution >= 0.6 is 0 Å².